The van der Waals surface area contributed by atoms with Crippen molar-refractivity contribution in [1.82, 2.24) is 14.8 Å². The van der Waals surface area contributed by atoms with Gasteiger partial charge in [-0.2, -0.15) is 0 Å². The van der Waals surface area contributed by atoms with E-state index < -0.39 is 0 Å². The van der Waals surface area contributed by atoms with Crippen molar-refractivity contribution in [1.29, 1.82) is 0 Å². The number of hydrogen-bond donors (Lipinski definition) is 0. The zero-order valence-corrected chi connectivity index (χ0v) is 17.9. The molecule has 7 heteroatoms. The summed E-state index contributed by atoms with van der Waals surface area (Å²) in [5, 5.41) is 0. The van der Waals surface area contributed by atoms with E-state index in [1.54, 1.807) is 24.4 Å². The minimum absolute atomic E-state index is 0.0536. The van der Waals surface area contributed by atoms with E-state index in [2.05, 4.69) is 4.98 Å². The van der Waals surface area contributed by atoms with E-state index in [0.717, 1.165) is 43.0 Å². The first-order chi connectivity index (χ1) is 15.1. The zero-order valence-electron chi connectivity index (χ0n) is 17.9. The number of piperidine rings is 1. The van der Waals surface area contributed by atoms with Gasteiger partial charge < -0.3 is 19.3 Å². The van der Waals surface area contributed by atoms with Gasteiger partial charge in [0.15, 0.2) is 0 Å². The van der Waals surface area contributed by atoms with Crippen molar-refractivity contribution in [2.24, 2.45) is 11.8 Å². The van der Waals surface area contributed by atoms with Gasteiger partial charge in [-0.15, -0.1) is 0 Å². The van der Waals surface area contributed by atoms with Gasteiger partial charge in [-0.25, -0.2) is 0 Å². The van der Waals surface area contributed by atoms with Crippen LogP contribution >= 0.6 is 0 Å². The Morgan fingerprint density at radius 1 is 1.06 bits per heavy atom. The highest BCUT2D eigenvalue weighted by Gasteiger charge is 2.37. The zero-order chi connectivity index (χ0) is 21.6. The van der Waals surface area contributed by atoms with Crippen LogP contribution in [0.4, 0.5) is 0 Å². The van der Waals surface area contributed by atoms with Gasteiger partial charge in [0.05, 0.1) is 19.6 Å². The number of likely N-dealkylation sites (tertiary alicyclic amines) is 2. The molecule has 0 spiro atoms. The van der Waals surface area contributed by atoms with Crippen LogP contribution in [-0.2, 0) is 16.1 Å². The molecule has 2 amide bonds. The highest BCUT2D eigenvalue weighted by molar-refractivity contribution is 5.89. The summed E-state index contributed by atoms with van der Waals surface area (Å²) in [5.74, 6) is 2.00. The van der Waals surface area contributed by atoms with Crippen LogP contribution in [0.1, 0.15) is 24.8 Å². The van der Waals surface area contributed by atoms with Gasteiger partial charge in [0, 0.05) is 45.0 Å². The SMILES string of the molecule is COc1ccc(OCC2CCN(C(=O)C3CC(=O)N(Cc4ccncc4)C3)CC2)cc1. The number of carbonyl (C=O) groups excluding carboxylic acids is 2. The predicted molar refractivity (Wildman–Crippen MR) is 116 cm³/mol. The lowest BCUT2D eigenvalue weighted by molar-refractivity contribution is -0.137. The van der Waals surface area contributed by atoms with Crippen molar-refractivity contribution < 1.29 is 19.1 Å². The lowest BCUT2D eigenvalue weighted by Gasteiger charge is -2.33. The number of nitrogens with zero attached hydrogens (tertiary/aromatic N) is 3. The third kappa shape index (κ3) is 5.34. The Labute approximate surface area is 183 Å². The summed E-state index contributed by atoms with van der Waals surface area (Å²) in [4.78, 5) is 33.1. The van der Waals surface area contributed by atoms with Crippen molar-refractivity contribution in [2.45, 2.75) is 25.8 Å². The average molecular weight is 424 g/mol. The molecule has 4 rings (SSSR count). The molecule has 1 atom stereocenters. The summed E-state index contributed by atoms with van der Waals surface area (Å²) < 4.78 is 11.1. The molecule has 7 nitrogen and oxygen atoms in total. The lowest BCUT2D eigenvalue weighted by atomic mass is 9.96. The fraction of sp³-hybridized carbons (Fsp3) is 0.458. The molecule has 2 saturated heterocycles. The van der Waals surface area contributed by atoms with E-state index in [9.17, 15) is 9.59 Å². The topological polar surface area (TPSA) is 72.0 Å². The first kappa shape index (κ1) is 21.2. The highest BCUT2D eigenvalue weighted by atomic mass is 16.5. The Hall–Kier alpha value is -3.09. The molecule has 2 aliphatic rings. The number of pyridine rings is 1. The maximum absolute atomic E-state index is 13.0. The molecule has 164 valence electrons. The molecule has 31 heavy (non-hydrogen) atoms. The summed E-state index contributed by atoms with van der Waals surface area (Å²) in [7, 11) is 1.64. The van der Waals surface area contributed by atoms with Crippen molar-refractivity contribution >= 4 is 11.8 Å². The second kappa shape index (κ2) is 9.81. The molecular weight excluding hydrogens is 394 g/mol. The maximum Gasteiger partial charge on any atom is 0.227 e. The van der Waals surface area contributed by atoms with E-state index in [-0.39, 0.29) is 17.7 Å². The van der Waals surface area contributed by atoms with Crippen LogP contribution in [0.3, 0.4) is 0 Å². The second-order valence-corrected chi connectivity index (χ2v) is 8.29. The largest absolute Gasteiger partial charge is 0.497 e. The molecule has 0 aliphatic carbocycles. The van der Waals surface area contributed by atoms with Gasteiger partial charge in [-0.1, -0.05) is 0 Å². The molecule has 0 radical (unpaired) electrons. The summed E-state index contributed by atoms with van der Waals surface area (Å²) >= 11 is 0. The lowest BCUT2D eigenvalue weighted by Crippen LogP contribution is -2.43. The molecule has 2 aliphatic heterocycles. The maximum atomic E-state index is 13.0. The Bertz CT molecular complexity index is 879. The van der Waals surface area contributed by atoms with Gasteiger partial charge in [-0.3, -0.25) is 14.6 Å². The van der Waals surface area contributed by atoms with Gasteiger partial charge in [0.1, 0.15) is 11.5 Å². The van der Waals surface area contributed by atoms with Crippen LogP contribution in [-0.4, -0.2) is 59.9 Å². The third-order valence-corrected chi connectivity index (χ3v) is 6.16. The molecule has 2 fully saturated rings. The normalized spacial score (nSPS) is 19.5. The fourth-order valence-corrected chi connectivity index (χ4v) is 4.26. The van der Waals surface area contributed by atoms with Crippen molar-refractivity contribution in [2.75, 3.05) is 33.4 Å². The summed E-state index contributed by atoms with van der Waals surface area (Å²) in [6.45, 7) is 3.14. The molecule has 3 heterocycles. The van der Waals surface area contributed by atoms with Crippen LogP contribution in [0.25, 0.3) is 0 Å². The minimum Gasteiger partial charge on any atom is -0.497 e. The molecular formula is C24H29N3O4. The van der Waals surface area contributed by atoms with Crippen LogP contribution in [0.5, 0.6) is 11.5 Å². The van der Waals surface area contributed by atoms with E-state index in [1.807, 2.05) is 41.3 Å². The van der Waals surface area contributed by atoms with E-state index in [1.165, 1.54) is 0 Å². The molecule has 2 aromatic rings. The van der Waals surface area contributed by atoms with E-state index in [0.29, 0.717) is 32.0 Å². The molecule has 0 saturated carbocycles. The van der Waals surface area contributed by atoms with E-state index >= 15 is 0 Å². The molecule has 1 aromatic carbocycles. The highest BCUT2D eigenvalue weighted by Crippen LogP contribution is 2.26. The van der Waals surface area contributed by atoms with Crippen molar-refractivity contribution in [3.05, 3.63) is 54.4 Å². The van der Waals surface area contributed by atoms with Crippen molar-refractivity contribution in [3.63, 3.8) is 0 Å². The number of benzene rings is 1. The summed E-state index contributed by atoms with van der Waals surface area (Å²) in [5.41, 5.74) is 1.04. The van der Waals surface area contributed by atoms with Crippen LogP contribution in [0.2, 0.25) is 0 Å². The molecule has 0 N–H and O–H groups in total. The Morgan fingerprint density at radius 3 is 2.42 bits per heavy atom. The Morgan fingerprint density at radius 2 is 1.74 bits per heavy atom. The first-order valence-electron chi connectivity index (χ1n) is 10.8. The number of ether oxygens (including phenoxy) is 2. The number of aromatic nitrogens is 1. The minimum atomic E-state index is -0.235. The van der Waals surface area contributed by atoms with Gasteiger partial charge >= 0.3 is 0 Å². The number of carbonyl (C=O) groups is 2. The van der Waals surface area contributed by atoms with Crippen LogP contribution < -0.4 is 9.47 Å². The molecule has 0 bridgehead atoms. The fourth-order valence-electron chi connectivity index (χ4n) is 4.26. The monoisotopic (exact) mass is 423 g/mol. The van der Waals surface area contributed by atoms with Gasteiger partial charge in [0.2, 0.25) is 11.8 Å². The predicted octanol–water partition coefficient (Wildman–Crippen LogP) is 2.76. The first-order valence-corrected chi connectivity index (χ1v) is 10.8. The second-order valence-electron chi connectivity index (χ2n) is 8.29. The quantitative estimate of drug-likeness (QED) is 0.685. The van der Waals surface area contributed by atoms with Gasteiger partial charge in [-0.05, 0) is 60.7 Å². The molecule has 1 aromatic heterocycles. The number of rotatable bonds is 7. The standard InChI is InChI=1S/C24H29N3O4/c1-30-21-2-4-22(5-3-21)31-17-19-8-12-26(13-9-19)24(29)20-14-23(28)27(16-20)15-18-6-10-25-11-7-18/h2-7,10-11,19-20H,8-9,12-17H2,1H3. The number of methoxy groups -OCH3 is 1. The smallest absolute Gasteiger partial charge is 0.227 e. The van der Waals surface area contributed by atoms with Crippen LogP contribution in [0, 0.1) is 11.8 Å². The third-order valence-electron chi connectivity index (χ3n) is 6.16. The number of amides is 2. The molecule has 1 unspecified atom stereocenters. The van der Waals surface area contributed by atoms with Gasteiger partial charge in [0.25, 0.3) is 0 Å². The Kier molecular flexibility index (Phi) is 6.70. The van der Waals surface area contributed by atoms with Crippen LogP contribution in [0.15, 0.2) is 48.8 Å². The summed E-state index contributed by atoms with van der Waals surface area (Å²) in [6.07, 6.45) is 5.60. The van der Waals surface area contributed by atoms with Crippen molar-refractivity contribution in [3.8, 4) is 11.5 Å². The summed E-state index contributed by atoms with van der Waals surface area (Å²) in [6, 6.07) is 11.4. The Balaban J connectivity index is 1.22. The van der Waals surface area contributed by atoms with E-state index in [4.69, 9.17) is 9.47 Å². The average Bonchev–Trinajstić information content (AvgIpc) is 3.18. The number of hydrogen-bond acceptors (Lipinski definition) is 5.